The quantitative estimate of drug-likeness (QED) is 0.347. The summed E-state index contributed by atoms with van der Waals surface area (Å²) in [5, 5.41) is 17.6. The summed E-state index contributed by atoms with van der Waals surface area (Å²) < 4.78 is 5.61. The van der Waals surface area contributed by atoms with Crippen molar-refractivity contribution in [1.82, 2.24) is 31.2 Å². The van der Waals surface area contributed by atoms with E-state index in [0.29, 0.717) is 0 Å². The van der Waals surface area contributed by atoms with Gasteiger partial charge in [0, 0.05) is 68.8 Å². The molecule has 2 atom stereocenters. The van der Waals surface area contributed by atoms with Crippen molar-refractivity contribution >= 4 is 28.7 Å². The lowest BCUT2D eigenvalue weighted by Gasteiger charge is -2.41. The number of nitrogens with zero attached hydrogens (tertiary/aromatic N) is 3. The Hall–Kier alpha value is -2.37. The number of halogens is 1. The van der Waals surface area contributed by atoms with E-state index in [2.05, 4.69) is 65.8 Å². The zero-order valence-corrected chi connectivity index (χ0v) is 22.6. The zero-order chi connectivity index (χ0) is 25.7. The number of hydrazine groups is 1. The number of anilines is 2. The van der Waals surface area contributed by atoms with E-state index in [-0.39, 0.29) is 12.5 Å². The van der Waals surface area contributed by atoms with Crippen molar-refractivity contribution in [2.45, 2.75) is 25.4 Å². The van der Waals surface area contributed by atoms with Crippen molar-refractivity contribution < 1.29 is 4.74 Å². The third kappa shape index (κ3) is 6.26. The van der Waals surface area contributed by atoms with E-state index in [4.69, 9.17) is 16.3 Å². The van der Waals surface area contributed by atoms with Gasteiger partial charge in [0.05, 0.1) is 18.9 Å². The van der Waals surface area contributed by atoms with Gasteiger partial charge in [-0.2, -0.15) is 0 Å². The van der Waals surface area contributed by atoms with Crippen molar-refractivity contribution in [2.24, 2.45) is 0 Å². The first-order valence-corrected chi connectivity index (χ1v) is 14.2. The van der Waals surface area contributed by atoms with E-state index in [1.165, 1.54) is 16.8 Å². The van der Waals surface area contributed by atoms with Crippen LogP contribution in [0, 0.1) is 0 Å². The maximum absolute atomic E-state index is 6.11. The van der Waals surface area contributed by atoms with Crippen LogP contribution in [0.3, 0.4) is 0 Å². The molecule has 0 aliphatic carbocycles. The van der Waals surface area contributed by atoms with E-state index in [1.807, 2.05) is 24.3 Å². The van der Waals surface area contributed by atoms with Crippen LogP contribution in [0.2, 0.25) is 5.02 Å². The highest BCUT2D eigenvalue weighted by molar-refractivity contribution is 6.30. The molecule has 4 aliphatic rings. The molecule has 6 rings (SSSR count). The number of benzene rings is 2. The number of ether oxygens (including phenoxy) is 1. The Morgan fingerprint density at radius 1 is 0.974 bits per heavy atom. The van der Waals surface area contributed by atoms with Gasteiger partial charge in [-0.1, -0.05) is 23.7 Å². The van der Waals surface area contributed by atoms with Crippen LogP contribution in [0.5, 0.6) is 0 Å². The van der Waals surface area contributed by atoms with Crippen LogP contribution in [0.15, 0.2) is 48.5 Å². The molecule has 38 heavy (non-hydrogen) atoms. The molecule has 0 saturated carbocycles. The average Bonchev–Trinajstić information content (AvgIpc) is 3.37. The third-order valence-electron chi connectivity index (χ3n) is 7.75. The lowest BCUT2D eigenvalue weighted by atomic mass is 10.0. The Kier molecular flexibility index (Phi) is 8.32. The average molecular weight is 539 g/mol. The molecule has 9 nitrogen and oxygen atoms in total. The minimum Gasteiger partial charge on any atom is -0.379 e. The molecule has 2 fully saturated rings. The molecule has 5 N–H and O–H groups in total. The second-order valence-corrected chi connectivity index (χ2v) is 10.8. The number of nitrogens with one attached hydrogen (secondary N) is 5. The van der Waals surface area contributed by atoms with Crippen LogP contribution in [-0.2, 0) is 11.3 Å². The molecule has 2 saturated heterocycles. The Morgan fingerprint density at radius 3 is 2.61 bits per heavy atom. The number of fused-ring (bicyclic) bond motifs is 1. The van der Waals surface area contributed by atoms with Crippen LogP contribution in [-0.4, -0.2) is 87.8 Å². The summed E-state index contributed by atoms with van der Waals surface area (Å²) in [6.07, 6.45) is 3.35. The molecule has 2 unspecified atom stereocenters. The molecular formula is C28H39ClN8O. The van der Waals surface area contributed by atoms with Crippen molar-refractivity contribution in [3.63, 3.8) is 0 Å². The van der Waals surface area contributed by atoms with Gasteiger partial charge in [-0.15, -0.1) is 0 Å². The Labute approximate surface area is 230 Å². The predicted octanol–water partition coefficient (Wildman–Crippen LogP) is 2.05. The zero-order valence-electron chi connectivity index (χ0n) is 21.9. The Bertz CT molecular complexity index is 1100. The summed E-state index contributed by atoms with van der Waals surface area (Å²) in [5.41, 5.74) is 9.59. The fourth-order valence-electron chi connectivity index (χ4n) is 5.63. The summed E-state index contributed by atoms with van der Waals surface area (Å²) in [5.74, 6) is 0. The number of hydrogen-bond donors (Lipinski definition) is 5. The van der Waals surface area contributed by atoms with E-state index in [1.54, 1.807) is 0 Å². The minimum atomic E-state index is -0.0400. The second kappa shape index (κ2) is 12.2. The number of morpholine rings is 1. The highest BCUT2D eigenvalue weighted by Crippen LogP contribution is 2.30. The molecule has 4 aliphatic heterocycles. The van der Waals surface area contributed by atoms with Gasteiger partial charge in [-0.3, -0.25) is 10.2 Å². The smallest absolute Gasteiger partial charge is 0.136 e. The first kappa shape index (κ1) is 25.9. The van der Waals surface area contributed by atoms with Gasteiger partial charge in [-0.05, 0) is 60.5 Å². The standard InChI is InChI=1S/C28H39ClN8O/c29-23-4-6-24(7-5-23)32-27-19-25(33-28(34-27)36-14-16-38-17-15-36)21-2-3-22-20-31-37(26(22)18-21)11-1-10-35-12-8-30-9-13-35/h2-7,18-19,27-28,30-34H,1,8-17,20H2. The number of hydrogen-bond acceptors (Lipinski definition) is 9. The summed E-state index contributed by atoms with van der Waals surface area (Å²) in [4.78, 5) is 4.97. The van der Waals surface area contributed by atoms with Crippen LogP contribution < -0.4 is 31.7 Å². The van der Waals surface area contributed by atoms with Gasteiger partial charge in [0.1, 0.15) is 12.5 Å². The molecule has 2 aromatic rings. The lowest BCUT2D eigenvalue weighted by Crippen LogP contribution is -2.62. The molecule has 4 heterocycles. The normalized spacial score (nSPS) is 24.6. The van der Waals surface area contributed by atoms with E-state index in [9.17, 15) is 0 Å². The lowest BCUT2D eigenvalue weighted by molar-refractivity contribution is 0.00197. The maximum atomic E-state index is 6.11. The molecule has 0 aromatic heterocycles. The monoisotopic (exact) mass is 538 g/mol. The summed E-state index contributed by atoms with van der Waals surface area (Å²) in [6.45, 7) is 10.8. The largest absolute Gasteiger partial charge is 0.379 e. The van der Waals surface area contributed by atoms with Gasteiger partial charge in [-0.25, -0.2) is 5.43 Å². The Morgan fingerprint density at radius 2 is 1.79 bits per heavy atom. The van der Waals surface area contributed by atoms with E-state index in [0.717, 1.165) is 94.9 Å². The highest BCUT2D eigenvalue weighted by Gasteiger charge is 2.29. The summed E-state index contributed by atoms with van der Waals surface area (Å²) in [7, 11) is 0. The molecule has 10 heteroatoms. The topological polar surface area (TPSA) is 79.1 Å². The van der Waals surface area contributed by atoms with Crippen molar-refractivity contribution in [3.05, 3.63) is 64.7 Å². The molecule has 2 aromatic carbocycles. The van der Waals surface area contributed by atoms with Crippen molar-refractivity contribution in [2.75, 3.05) is 75.9 Å². The summed E-state index contributed by atoms with van der Waals surface area (Å²) in [6, 6.07) is 14.7. The fraction of sp³-hybridized carbons (Fsp3) is 0.500. The Balaban J connectivity index is 1.18. The molecule has 0 radical (unpaired) electrons. The van der Waals surface area contributed by atoms with E-state index >= 15 is 0 Å². The van der Waals surface area contributed by atoms with Crippen molar-refractivity contribution in [3.8, 4) is 0 Å². The molecular weight excluding hydrogens is 500 g/mol. The minimum absolute atomic E-state index is 0.00483. The number of piperazine rings is 1. The van der Waals surface area contributed by atoms with Gasteiger partial charge >= 0.3 is 0 Å². The summed E-state index contributed by atoms with van der Waals surface area (Å²) >= 11 is 6.11. The maximum Gasteiger partial charge on any atom is 0.136 e. The van der Waals surface area contributed by atoms with Gasteiger partial charge < -0.3 is 30.6 Å². The first-order chi connectivity index (χ1) is 18.7. The molecule has 204 valence electrons. The third-order valence-corrected chi connectivity index (χ3v) is 8.01. The van der Waals surface area contributed by atoms with Crippen LogP contribution >= 0.6 is 11.6 Å². The van der Waals surface area contributed by atoms with Gasteiger partial charge in [0.15, 0.2) is 0 Å². The van der Waals surface area contributed by atoms with E-state index < -0.39 is 0 Å². The fourth-order valence-corrected chi connectivity index (χ4v) is 5.75. The second-order valence-electron chi connectivity index (χ2n) is 10.3. The molecule has 0 amide bonds. The number of rotatable bonds is 8. The molecule has 0 spiro atoms. The van der Waals surface area contributed by atoms with Gasteiger partial charge in [0.2, 0.25) is 0 Å². The van der Waals surface area contributed by atoms with Crippen LogP contribution in [0.4, 0.5) is 11.4 Å². The van der Waals surface area contributed by atoms with Crippen molar-refractivity contribution in [1.29, 1.82) is 0 Å². The highest BCUT2D eigenvalue weighted by atomic mass is 35.5. The van der Waals surface area contributed by atoms with Gasteiger partial charge in [0.25, 0.3) is 0 Å². The van der Waals surface area contributed by atoms with Crippen LogP contribution in [0.25, 0.3) is 5.70 Å². The predicted molar refractivity (Wildman–Crippen MR) is 154 cm³/mol. The van der Waals surface area contributed by atoms with Crippen LogP contribution in [0.1, 0.15) is 17.5 Å². The SMILES string of the molecule is Clc1ccc(NC2C=C(c3ccc4c(c3)N(CCCN3CCNCC3)NC4)NC(N3CCOCC3)N2)cc1. The first-order valence-electron chi connectivity index (χ1n) is 13.9. The molecule has 0 bridgehead atoms.